The predicted octanol–water partition coefficient (Wildman–Crippen LogP) is 4.32. The van der Waals surface area contributed by atoms with E-state index in [4.69, 9.17) is 37.6 Å². The lowest BCUT2D eigenvalue weighted by Crippen LogP contribution is -2.57. The molecule has 0 N–H and O–H groups in total. The van der Waals surface area contributed by atoms with Gasteiger partial charge in [-0.15, -0.1) is 0 Å². The van der Waals surface area contributed by atoms with Crippen LogP contribution in [0.4, 0.5) is 0 Å². The molecule has 2 aliphatic heterocycles. The molecule has 0 aromatic rings. The number of ether oxygens (including phenoxy) is 7. The highest BCUT2D eigenvalue weighted by Gasteiger charge is 2.48. The molecule has 0 spiro atoms. The van der Waals surface area contributed by atoms with Gasteiger partial charge in [-0.3, -0.25) is 4.79 Å². The van der Waals surface area contributed by atoms with Gasteiger partial charge >= 0.3 is 5.97 Å². The molecular weight excluding hydrogens is 508 g/mol. The van der Waals surface area contributed by atoms with E-state index in [1.54, 1.807) is 21.3 Å². The molecule has 222 valence electrons. The van der Waals surface area contributed by atoms with E-state index in [0.717, 1.165) is 6.42 Å². The second-order valence-corrected chi connectivity index (χ2v) is 17.6. The molecule has 3 fully saturated rings. The summed E-state index contributed by atoms with van der Waals surface area (Å²) in [5.74, 6) is 0.913. The fourth-order valence-electron chi connectivity index (χ4n) is 5.51. The van der Waals surface area contributed by atoms with Crippen LogP contribution in [0.1, 0.15) is 59.8 Å². The zero-order chi connectivity index (χ0) is 28.3. The molecule has 0 aromatic carbocycles. The van der Waals surface area contributed by atoms with Crippen LogP contribution < -0.4 is 0 Å². The minimum absolute atomic E-state index is 0.0968. The lowest BCUT2D eigenvalue weighted by molar-refractivity contribution is -0.302. The first-order valence-corrected chi connectivity index (χ1v) is 17.0. The van der Waals surface area contributed by atoms with Gasteiger partial charge in [-0.05, 0) is 42.8 Å². The highest BCUT2D eigenvalue weighted by atomic mass is 28.4. The molecule has 2 heterocycles. The predicted molar refractivity (Wildman–Crippen MR) is 145 cm³/mol. The fraction of sp³-hybridized carbons (Fsp3) is 0.964. The second kappa shape index (κ2) is 13.4. The second-order valence-electron chi connectivity index (χ2n) is 12.8. The molecule has 0 amide bonds. The smallest absolute Gasteiger partial charge is 0.308 e. The third-order valence-electron chi connectivity index (χ3n) is 9.01. The van der Waals surface area contributed by atoms with Crippen LogP contribution >= 0.6 is 0 Å². The molecule has 10 atom stereocenters. The van der Waals surface area contributed by atoms with E-state index in [0.29, 0.717) is 31.3 Å². The Kier molecular flexibility index (Phi) is 11.2. The van der Waals surface area contributed by atoms with Crippen LogP contribution in [0, 0.1) is 11.8 Å². The Morgan fingerprint density at radius 1 is 0.974 bits per heavy atom. The largest absolute Gasteiger partial charge is 0.469 e. The van der Waals surface area contributed by atoms with Crippen LogP contribution in [0.15, 0.2) is 0 Å². The van der Waals surface area contributed by atoms with Crippen LogP contribution in [0.3, 0.4) is 0 Å². The van der Waals surface area contributed by atoms with Crippen LogP contribution in [0.2, 0.25) is 18.1 Å². The summed E-state index contributed by atoms with van der Waals surface area (Å²) in [6, 6.07) is 0. The Morgan fingerprint density at radius 2 is 1.61 bits per heavy atom. The Balaban J connectivity index is 1.74. The minimum Gasteiger partial charge on any atom is -0.469 e. The Bertz CT molecular complexity index is 757. The molecule has 1 saturated carbocycles. The molecule has 1 aliphatic carbocycles. The highest BCUT2D eigenvalue weighted by molar-refractivity contribution is 6.74. The fourth-order valence-corrected chi connectivity index (χ4v) is 6.89. The Labute approximate surface area is 230 Å². The average Bonchev–Trinajstić information content (AvgIpc) is 3.58. The van der Waals surface area contributed by atoms with Gasteiger partial charge < -0.3 is 37.6 Å². The third kappa shape index (κ3) is 8.00. The molecule has 0 bridgehead atoms. The monoisotopic (exact) mass is 560 g/mol. The van der Waals surface area contributed by atoms with E-state index in [9.17, 15) is 4.79 Å². The summed E-state index contributed by atoms with van der Waals surface area (Å²) < 4.78 is 47.9. The van der Waals surface area contributed by atoms with Crippen molar-refractivity contribution in [1.29, 1.82) is 0 Å². The number of esters is 1. The van der Waals surface area contributed by atoms with E-state index < -0.39 is 20.7 Å². The topological polar surface area (TPSA) is 90.9 Å². The van der Waals surface area contributed by atoms with E-state index in [1.807, 2.05) is 0 Å². The maximum absolute atomic E-state index is 12.2. The molecule has 0 unspecified atom stereocenters. The van der Waals surface area contributed by atoms with Crippen molar-refractivity contribution in [2.45, 2.75) is 127 Å². The van der Waals surface area contributed by atoms with E-state index in [1.165, 1.54) is 13.5 Å². The lowest BCUT2D eigenvalue weighted by atomic mass is 9.94. The van der Waals surface area contributed by atoms with Gasteiger partial charge in [0.25, 0.3) is 0 Å². The van der Waals surface area contributed by atoms with Gasteiger partial charge in [0.05, 0.1) is 44.6 Å². The number of hydrogen-bond donors (Lipinski definition) is 0. The molecule has 38 heavy (non-hydrogen) atoms. The standard InChI is InChI=1S/C28H52O9Si/c1-17-11-21(17)22(37-38(9,10)28(2,3)4)14-19-12-18(13-20(35-19)15-24(29)31-6)36-27-26(33-8)25(32-7)23(30-5)16-34-27/h17-23,25-27H,11-16H2,1-10H3/t17-,18+,19+,20-,21-,22+,23-,25+,26-,27+/m1/s1. The maximum Gasteiger partial charge on any atom is 0.308 e. The molecule has 0 aromatic heterocycles. The van der Waals surface area contributed by atoms with Crippen LogP contribution in [-0.4, -0.2) is 98.4 Å². The molecular formula is C28H52O9Si. The van der Waals surface area contributed by atoms with Crippen molar-refractivity contribution < 1.29 is 42.4 Å². The average molecular weight is 561 g/mol. The summed E-state index contributed by atoms with van der Waals surface area (Å²) in [7, 11) is 4.35. The maximum atomic E-state index is 12.2. The SMILES string of the molecule is COC(=O)C[C@H]1C[C@@H](O[C@@H]2OC[C@@H](OC)[C@H](OC)[C@H]2OC)C[C@@H](C[C@H](O[Si](C)(C)C(C)(C)C)[C@@H]2C[C@H]2C)O1. The molecule has 0 radical (unpaired) electrons. The summed E-state index contributed by atoms with van der Waals surface area (Å²) in [5.41, 5.74) is 0. The van der Waals surface area contributed by atoms with Crippen LogP contribution in [0.25, 0.3) is 0 Å². The van der Waals surface area contributed by atoms with E-state index in [-0.39, 0.29) is 54.1 Å². The molecule has 3 aliphatic rings. The zero-order valence-electron chi connectivity index (χ0n) is 25.2. The molecule has 10 heteroatoms. The minimum atomic E-state index is -1.97. The van der Waals surface area contributed by atoms with E-state index in [2.05, 4.69) is 40.8 Å². The van der Waals surface area contributed by atoms with Gasteiger partial charge in [-0.2, -0.15) is 0 Å². The quantitative estimate of drug-likeness (QED) is 0.256. The zero-order valence-corrected chi connectivity index (χ0v) is 26.2. The van der Waals surface area contributed by atoms with Crippen molar-refractivity contribution in [1.82, 2.24) is 0 Å². The van der Waals surface area contributed by atoms with Gasteiger partial charge in [-0.1, -0.05) is 27.7 Å². The number of methoxy groups -OCH3 is 4. The highest BCUT2D eigenvalue weighted by Crippen LogP contribution is 2.47. The van der Waals surface area contributed by atoms with Crippen molar-refractivity contribution >= 4 is 14.3 Å². The normalized spacial score (nSPS) is 37.1. The van der Waals surface area contributed by atoms with Crippen molar-refractivity contribution in [3.05, 3.63) is 0 Å². The molecule has 3 rings (SSSR count). The summed E-state index contributed by atoms with van der Waals surface area (Å²) in [6.45, 7) is 14.1. The summed E-state index contributed by atoms with van der Waals surface area (Å²) in [5, 5.41) is 0.126. The molecule has 2 saturated heterocycles. The molecule has 9 nitrogen and oxygen atoms in total. The van der Waals surface area contributed by atoms with Crippen molar-refractivity contribution in [3.63, 3.8) is 0 Å². The third-order valence-corrected chi connectivity index (χ3v) is 13.5. The lowest BCUT2D eigenvalue weighted by Gasteiger charge is -2.44. The van der Waals surface area contributed by atoms with Gasteiger partial charge in [0, 0.05) is 34.2 Å². The van der Waals surface area contributed by atoms with Crippen molar-refractivity contribution in [3.8, 4) is 0 Å². The first-order valence-electron chi connectivity index (χ1n) is 14.1. The van der Waals surface area contributed by atoms with Gasteiger partial charge in [0.2, 0.25) is 0 Å². The number of hydrogen-bond acceptors (Lipinski definition) is 9. The Hall–Kier alpha value is -0.593. The van der Waals surface area contributed by atoms with Gasteiger partial charge in [0.1, 0.15) is 18.3 Å². The van der Waals surface area contributed by atoms with E-state index >= 15 is 0 Å². The van der Waals surface area contributed by atoms with Gasteiger partial charge in [-0.25, -0.2) is 0 Å². The summed E-state index contributed by atoms with van der Waals surface area (Å²) >= 11 is 0. The van der Waals surface area contributed by atoms with Crippen LogP contribution in [0.5, 0.6) is 0 Å². The number of carbonyl (C=O) groups excluding carboxylic acids is 1. The number of rotatable bonds is 12. The Morgan fingerprint density at radius 3 is 2.13 bits per heavy atom. The summed E-state index contributed by atoms with van der Waals surface area (Å²) in [6.07, 6.45) is 1.36. The van der Waals surface area contributed by atoms with Crippen molar-refractivity contribution in [2.75, 3.05) is 35.0 Å². The first kappa shape index (κ1) is 31.9. The summed E-state index contributed by atoms with van der Waals surface area (Å²) in [4.78, 5) is 12.2. The van der Waals surface area contributed by atoms with Crippen LogP contribution in [-0.2, 0) is 42.4 Å². The number of carbonyl (C=O) groups is 1. The van der Waals surface area contributed by atoms with Crippen molar-refractivity contribution in [2.24, 2.45) is 11.8 Å². The van der Waals surface area contributed by atoms with Gasteiger partial charge in [0.15, 0.2) is 14.6 Å². The first-order chi connectivity index (χ1) is 17.8.